The maximum atomic E-state index is 9.86. The third-order valence-electron chi connectivity index (χ3n) is 4.58. The second-order valence-electron chi connectivity index (χ2n) is 6.31. The van der Waals surface area contributed by atoms with E-state index in [0.29, 0.717) is 13.0 Å². The molecule has 1 atom stereocenters. The molecule has 0 spiro atoms. The van der Waals surface area contributed by atoms with Gasteiger partial charge in [0.2, 0.25) is 0 Å². The Bertz CT molecular complexity index is 678. The molecule has 0 bridgehead atoms. The molecule has 3 aromatic rings. The predicted molar refractivity (Wildman–Crippen MR) is 105 cm³/mol. The summed E-state index contributed by atoms with van der Waals surface area (Å²) >= 11 is 0. The van der Waals surface area contributed by atoms with Crippen LogP contribution >= 0.6 is 0 Å². The lowest BCUT2D eigenvalue weighted by molar-refractivity contribution is -0.00412. The molecule has 0 saturated carbocycles. The predicted octanol–water partition coefficient (Wildman–Crippen LogP) is 3.70. The van der Waals surface area contributed by atoms with Crippen molar-refractivity contribution in [1.82, 2.24) is 0 Å². The first-order chi connectivity index (χ1) is 12.8. The first-order valence-electron chi connectivity index (χ1n) is 8.96. The van der Waals surface area contributed by atoms with Crippen molar-refractivity contribution in [1.29, 1.82) is 0 Å². The minimum absolute atomic E-state index is 0.234. The van der Waals surface area contributed by atoms with Gasteiger partial charge in [-0.2, -0.15) is 0 Å². The Morgan fingerprint density at radius 3 is 1.46 bits per heavy atom. The van der Waals surface area contributed by atoms with E-state index in [4.69, 9.17) is 10.5 Å². The first kappa shape index (κ1) is 18.3. The number of hydrogen-bond acceptors (Lipinski definition) is 3. The van der Waals surface area contributed by atoms with Gasteiger partial charge in [0, 0.05) is 6.54 Å². The average molecular weight is 347 g/mol. The molecule has 3 heteroatoms. The SMILES string of the molecule is NC[C@@H](O)CCOC(c1ccccc1)(c1ccccc1)c1ccccc1. The Labute approximate surface area is 155 Å². The van der Waals surface area contributed by atoms with Gasteiger partial charge in [-0.3, -0.25) is 0 Å². The molecule has 0 heterocycles. The summed E-state index contributed by atoms with van der Waals surface area (Å²) in [4.78, 5) is 0. The summed E-state index contributed by atoms with van der Waals surface area (Å²) in [6, 6.07) is 30.6. The van der Waals surface area contributed by atoms with Crippen molar-refractivity contribution in [2.45, 2.75) is 18.1 Å². The highest BCUT2D eigenvalue weighted by Crippen LogP contribution is 2.40. The Morgan fingerprint density at radius 1 is 0.731 bits per heavy atom. The van der Waals surface area contributed by atoms with E-state index in [2.05, 4.69) is 36.4 Å². The summed E-state index contributed by atoms with van der Waals surface area (Å²) in [7, 11) is 0. The third kappa shape index (κ3) is 3.86. The van der Waals surface area contributed by atoms with Crippen molar-refractivity contribution in [3.63, 3.8) is 0 Å². The van der Waals surface area contributed by atoms with Gasteiger partial charge in [0.05, 0.1) is 12.7 Å². The van der Waals surface area contributed by atoms with Crippen molar-refractivity contribution in [2.75, 3.05) is 13.2 Å². The summed E-state index contributed by atoms with van der Waals surface area (Å²) in [5, 5.41) is 9.86. The maximum absolute atomic E-state index is 9.86. The van der Waals surface area contributed by atoms with E-state index >= 15 is 0 Å². The molecule has 0 aliphatic heterocycles. The molecule has 0 fully saturated rings. The van der Waals surface area contributed by atoms with Gasteiger partial charge in [0.15, 0.2) is 0 Å². The normalized spacial score (nSPS) is 12.7. The summed E-state index contributed by atoms with van der Waals surface area (Å²) < 4.78 is 6.54. The van der Waals surface area contributed by atoms with Crippen LogP contribution in [-0.4, -0.2) is 24.4 Å². The van der Waals surface area contributed by atoms with Crippen LogP contribution in [0.25, 0.3) is 0 Å². The lowest BCUT2D eigenvalue weighted by atomic mass is 9.80. The molecule has 0 aliphatic rings. The van der Waals surface area contributed by atoms with Gasteiger partial charge < -0.3 is 15.6 Å². The number of nitrogens with two attached hydrogens (primary N) is 1. The lowest BCUT2D eigenvalue weighted by Gasteiger charge is -2.36. The van der Waals surface area contributed by atoms with Crippen molar-refractivity contribution >= 4 is 0 Å². The highest BCUT2D eigenvalue weighted by Gasteiger charge is 2.37. The second kappa shape index (κ2) is 8.77. The van der Waals surface area contributed by atoms with Crippen molar-refractivity contribution in [2.24, 2.45) is 5.73 Å². The number of benzene rings is 3. The van der Waals surface area contributed by atoms with Crippen LogP contribution in [0.5, 0.6) is 0 Å². The zero-order valence-corrected chi connectivity index (χ0v) is 14.8. The molecule has 3 aromatic carbocycles. The molecule has 0 aliphatic carbocycles. The number of rotatable bonds is 8. The van der Waals surface area contributed by atoms with Crippen LogP contribution in [0.15, 0.2) is 91.0 Å². The highest BCUT2D eigenvalue weighted by molar-refractivity contribution is 5.47. The number of hydrogen-bond donors (Lipinski definition) is 2. The average Bonchev–Trinajstić information content (AvgIpc) is 2.73. The van der Waals surface area contributed by atoms with Gasteiger partial charge in [-0.25, -0.2) is 0 Å². The Hall–Kier alpha value is -2.46. The Morgan fingerprint density at radius 2 is 1.12 bits per heavy atom. The van der Waals surface area contributed by atoms with Gasteiger partial charge in [0.1, 0.15) is 5.60 Å². The molecular formula is C23H25NO2. The Balaban J connectivity index is 2.11. The summed E-state index contributed by atoms with van der Waals surface area (Å²) in [6.45, 7) is 0.634. The zero-order chi connectivity index (χ0) is 18.2. The van der Waals surface area contributed by atoms with E-state index in [1.54, 1.807) is 0 Å². The fraction of sp³-hybridized carbons (Fsp3) is 0.217. The third-order valence-corrected chi connectivity index (χ3v) is 4.58. The van der Waals surface area contributed by atoms with Gasteiger partial charge in [-0.15, -0.1) is 0 Å². The molecule has 0 radical (unpaired) electrons. The van der Waals surface area contributed by atoms with Gasteiger partial charge in [-0.1, -0.05) is 91.0 Å². The van der Waals surface area contributed by atoms with Crippen LogP contribution in [-0.2, 0) is 10.3 Å². The molecule has 26 heavy (non-hydrogen) atoms. The minimum atomic E-state index is -0.738. The van der Waals surface area contributed by atoms with E-state index < -0.39 is 11.7 Å². The lowest BCUT2D eigenvalue weighted by Crippen LogP contribution is -2.34. The summed E-state index contributed by atoms with van der Waals surface area (Å²) in [5.41, 5.74) is 7.98. The number of aliphatic hydroxyl groups is 1. The maximum Gasteiger partial charge on any atom is 0.143 e. The molecular weight excluding hydrogens is 322 g/mol. The van der Waals surface area contributed by atoms with Gasteiger partial charge >= 0.3 is 0 Å². The van der Waals surface area contributed by atoms with Crippen molar-refractivity contribution in [3.8, 4) is 0 Å². The number of aliphatic hydroxyl groups excluding tert-OH is 1. The van der Waals surface area contributed by atoms with Crippen LogP contribution in [0.3, 0.4) is 0 Å². The van der Waals surface area contributed by atoms with Crippen LogP contribution < -0.4 is 5.73 Å². The van der Waals surface area contributed by atoms with Crippen molar-refractivity contribution < 1.29 is 9.84 Å². The summed E-state index contributed by atoms with van der Waals surface area (Å²) in [5.74, 6) is 0. The molecule has 134 valence electrons. The first-order valence-corrected chi connectivity index (χ1v) is 8.96. The highest BCUT2D eigenvalue weighted by atomic mass is 16.5. The van der Waals surface area contributed by atoms with E-state index in [9.17, 15) is 5.11 Å². The molecule has 0 unspecified atom stereocenters. The smallest absolute Gasteiger partial charge is 0.143 e. The largest absolute Gasteiger partial charge is 0.392 e. The van der Waals surface area contributed by atoms with Crippen LogP contribution in [0.4, 0.5) is 0 Å². The van der Waals surface area contributed by atoms with Crippen molar-refractivity contribution in [3.05, 3.63) is 108 Å². The van der Waals surface area contributed by atoms with Crippen LogP contribution in [0.1, 0.15) is 23.1 Å². The molecule has 0 aromatic heterocycles. The second-order valence-corrected chi connectivity index (χ2v) is 6.31. The van der Waals surface area contributed by atoms with Crippen LogP contribution in [0, 0.1) is 0 Å². The van der Waals surface area contributed by atoms with E-state index in [1.807, 2.05) is 54.6 Å². The number of ether oxygens (including phenoxy) is 1. The molecule has 3 nitrogen and oxygen atoms in total. The molecule has 3 rings (SSSR count). The molecule has 3 N–H and O–H groups in total. The minimum Gasteiger partial charge on any atom is -0.392 e. The van der Waals surface area contributed by atoms with E-state index in [0.717, 1.165) is 16.7 Å². The van der Waals surface area contributed by atoms with Gasteiger partial charge in [0.25, 0.3) is 0 Å². The van der Waals surface area contributed by atoms with E-state index in [1.165, 1.54) is 0 Å². The molecule has 0 saturated heterocycles. The fourth-order valence-corrected chi connectivity index (χ4v) is 3.23. The quantitative estimate of drug-likeness (QED) is 0.611. The monoisotopic (exact) mass is 347 g/mol. The summed E-state index contributed by atoms with van der Waals surface area (Å²) in [6.07, 6.45) is -0.0693. The standard InChI is InChI=1S/C23H25NO2/c24-18-22(25)16-17-26-23(19-10-4-1-5-11-19,20-12-6-2-7-13-20)21-14-8-3-9-15-21/h1-15,22,25H,16-18,24H2/t22-/m0/s1. The zero-order valence-electron chi connectivity index (χ0n) is 14.8. The Kier molecular flexibility index (Phi) is 6.18. The fourth-order valence-electron chi connectivity index (χ4n) is 3.23. The van der Waals surface area contributed by atoms with E-state index in [-0.39, 0.29) is 6.54 Å². The van der Waals surface area contributed by atoms with Gasteiger partial charge in [-0.05, 0) is 23.1 Å². The topological polar surface area (TPSA) is 55.5 Å². The van der Waals surface area contributed by atoms with Crippen LogP contribution in [0.2, 0.25) is 0 Å². The molecule has 0 amide bonds.